The molecular weight excluding hydrogens is 291 g/mol. The Labute approximate surface area is 116 Å². The summed E-state index contributed by atoms with van der Waals surface area (Å²) in [7, 11) is -2.95. The minimum absolute atomic E-state index is 0.178. The van der Waals surface area contributed by atoms with Crippen LogP contribution in [0.3, 0.4) is 0 Å². The highest BCUT2D eigenvalue weighted by atomic mass is 32.2. The average Bonchev–Trinajstić information content (AvgIpc) is 2.37. The van der Waals surface area contributed by atoms with Gasteiger partial charge in [0.1, 0.15) is 0 Å². The summed E-state index contributed by atoms with van der Waals surface area (Å²) in [6, 6.07) is 1.77. The van der Waals surface area contributed by atoms with Gasteiger partial charge in [0.15, 0.2) is 11.6 Å². The van der Waals surface area contributed by atoms with Crippen LogP contribution in [0.2, 0.25) is 0 Å². The van der Waals surface area contributed by atoms with Crippen LogP contribution < -0.4 is 15.2 Å². The first kappa shape index (κ1) is 16.6. The Bertz CT molecular complexity index is 563. The monoisotopic (exact) mass is 308 g/mol. The number of halogens is 1. The van der Waals surface area contributed by atoms with Crippen molar-refractivity contribution in [1.29, 1.82) is 0 Å². The Hall–Kier alpha value is -1.42. The second-order valence-corrected chi connectivity index (χ2v) is 6.19. The largest absolute Gasteiger partial charge is 0.492 e. The predicted octanol–water partition coefficient (Wildman–Crippen LogP) is -0.562. The van der Waals surface area contributed by atoms with E-state index in [4.69, 9.17) is 20.7 Å². The third-order valence-electron chi connectivity index (χ3n) is 2.64. The lowest BCUT2D eigenvalue weighted by molar-refractivity contribution is 0.122. The first-order chi connectivity index (χ1) is 9.19. The molecule has 0 bridgehead atoms. The summed E-state index contributed by atoms with van der Waals surface area (Å²) in [5.74, 6) is -1.18. The van der Waals surface area contributed by atoms with E-state index in [9.17, 15) is 12.8 Å². The summed E-state index contributed by atoms with van der Waals surface area (Å²) in [6.07, 6.45) is 0. The fourth-order valence-electron chi connectivity index (χ4n) is 1.46. The van der Waals surface area contributed by atoms with Gasteiger partial charge in [0.05, 0.1) is 36.4 Å². The molecule has 1 rings (SSSR count). The van der Waals surface area contributed by atoms with E-state index in [-0.39, 0.29) is 11.4 Å². The molecule has 0 saturated heterocycles. The molecule has 0 aliphatic heterocycles. The van der Waals surface area contributed by atoms with Gasteiger partial charge in [-0.25, -0.2) is 17.5 Å². The Kier molecular flexibility index (Phi) is 4.92. The number of anilines is 1. The molecule has 5 N–H and O–H groups in total. The number of sulfonamides is 1. The van der Waals surface area contributed by atoms with Crippen molar-refractivity contribution in [3.8, 4) is 5.75 Å². The van der Waals surface area contributed by atoms with Crippen LogP contribution in [0.1, 0.15) is 6.92 Å². The highest BCUT2D eigenvalue weighted by molar-refractivity contribution is 7.89. The third-order valence-corrected chi connectivity index (χ3v) is 4.26. The molecule has 0 heterocycles. The van der Waals surface area contributed by atoms with Gasteiger partial charge >= 0.3 is 0 Å². The van der Waals surface area contributed by atoms with Crippen molar-refractivity contribution in [2.24, 2.45) is 0 Å². The van der Waals surface area contributed by atoms with Crippen molar-refractivity contribution in [2.45, 2.75) is 17.4 Å². The second kappa shape index (κ2) is 5.92. The summed E-state index contributed by atoms with van der Waals surface area (Å²) < 4.78 is 44.6. The maximum atomic E-state index is 13.6. The zero-order valence-corrected chi connectivity index (χ0v) is 11.9. The predicted molar refractivity (Wildman–Crippen MR) is 70.3 cm³/mol. The molecule has 1 aromatic carbocycles. The number of hydrogen-bond acceptors (Lipinski definition) is 6. The van der Waals surface area contributed by atoms with E-state index in [1.165, 1.54) is 14.0 Å². The van der Waals surface area contributed by atoms with E-state index in [2.05, 4.69) is 4.72 Å². The minimum Gasteiger partial charge on any atom is -0.492 e. The molecular formula is C11H17FN2O5S. The van der Waals surface area contributed by atoms with Crippen LogP contribution in [0.5, 0.6) is 5.75 Å². The number of nitrogen functional groups attached to an aromatic ring is 1. The molecule has 0 saturated carbocycles. The normalized spacial score (nSPS) is 12.4. The Balaban J connectivity index is 3.24. The molecule has 0 aromatic heterocycles. The molecule has 114 valence electrons. The summed E-state index contributed by atoms with van der Waals surface area (Å²) in [6.45, 7) is 0.0431. The molecule has 9 heteroatoms. The lowest BCUT2D eigenvalue weighted by Crippen LogP contribution is -2.51. The van der Waals surface area contributed by atoms with Crippen molar-refractivity contribution >= 4 is 15.7 Å². The van der Waals surface area contributed by atoms with Gasteiger partial charge in [0.2, 0.25) is 10.0 Å². The molecule has 0 unspecified atom stereocenters. The van der Waals surface area contributed by atoms with Crippen LogP contribution in [-0.2, 0) is 10.0 Å². The molecule has 0 radical (unpaired) electrons. The first-order valence-electron chi connectivity index (χ1n) is 5.58. The van der Waals surface area contributed by atoms with Crippen molar-refractivity contribution in [1.82, 2.24) is 4.72 Å². The number of rotatable bonds is 6. The Morgan fingerprint density at radius 3 is 2.35 bits per heavy atom. The topological polar surface area (TPSA) is 122 Å². The van der Waals surface area contributed by atoms with Gasteiger partial charge in [-0.1, -0.05) is 0 Å². The average molecular weight is 308 g/mol. The van der Waals surface area contributed by atoms with E-state index in [0.717, 1.165) is 12.1 Å². The maximum Gasteiger partial charge on any atom is 0.241 e. The van der Waals surface area contributed by atoms with E-state index in [1.54, 1.807) is 0 Å². The van der Waals surface area contributed by atoms with Gasteiger partial charge in [-0.3, -0.25) is 0 Å². The van der Waals surface area contributed by atoms with E-state index in [1.807, 2.05) is 0 Å². The third kappa shape index (κ3) is 3.37. The summed E-state index contributed by atoms with van der Waals surface area (Å²) in [5.41, 5.74) is 3.86. The van der Waals surface area contributed by atoms with Crippen molar-refractivity contribution in [2.75, 3.05) is 26.1 Å². The highest BCUT2D eigenvalue weighted by Gasteiger charge is 2.30. The fourth-order valence-corrected chi connectivity index (χ4v) is 2.89. The molecule has 1 aromatic rings. The molecule has 20 heavy (non-hydrogen) atoms. The zero-order valence-electron chi connectivity index (χ0n) is 11.1. The van der Waals surface area contributed by atoms with E-state index < -0.39 is 39.5 Å². The number of methoxy groups -OCH3 is 1. The van der Waals surface area contributed by atoms with Crippen molar-refractivity contribution in [3.05, 3.63) is 17.9 Å². The summed E-state index contributed by atoms with van der Waals surface area (Å²) in [4.78, 5) is -0.429. The first-order valence-corrected chi connectivity index (χ1v) is 7.06. The molecule has 0 spiro atoms. The number of benzene rings is 1. The number of aliphatic hydroxyl groups is 2. The summed E-state index contributed by atoms with van der Waals surface area (Å²) in [5, 5.41) is 18.2. The quantitative estimate of drug-likeness (QED) is 0.523. The standard InChI is InChI=1S/C11H17FN2O5S/c1-11(5-15,6-16)14-20(17,18)7-3-8(12)10(19-2)9(13)4-7/h3-4,14-16H,5-6,13H2,1-2H3. The lowest BCUT2D eigenvalue weighted by Gasteiger charge is -2.25. The van der Waals surface area contributed by atoms with Gasteiger partial charge in [-0.2, -0.15) is 0 Å². The number of hydrogen-bond donors (Lipinski definition) is 4. The van der Waals surface area contributed by atoms with Crippen molar-refractivity contribution < 1.29 is 27.8 Å². The molecule has 0 atom stereocenters. The minimum atomic E-state index is -4.16. The van der Waals surface area contributed by atoms with Crippen LogP contribution >= 0.6 is 0 Å². The molecule has 0 fully saturated rings. The lowest BCUT2D eigenvalue weighted by atomic mass is 10.1. The van der Waals surface area contributed by atoms with Gasteiger partial charge in [0, 0.05) is 0 Å². The van der Waals surface area contributed by atoms with Crippen LogP contribution in [-0.4, -0.2) is 44.5 Å². The van der Waals surface area contributed by atoms with Gasteiger partial charge in [-0.05, 0) is 19.1 Å². The van der Waals surface area contributed by atoms with Gasteiger partial charge in [-0.15, -0.1) is 0 Å². The number of nitrogens with one attached hydrogen (secondary N) is 1. The second-order valence-electron chi connectivity index (χ2n) is 4.51. The maximum absolute atomic E-state index is 13.6. The van der Waals surface area contributed by atoms with Crippen LogP contribution in [0.4, 0.5) is 10.1 Å². The van der Waals surface area contributed by atoms with Gasteiger partial charge in [0.25, 0.3) is 0 Å². The van der Waals surface area contributed by atoms with Crippen LogP contribution in [0, 0.1) is 5.82 Å². The molecule has 7 nitrogen and oxygen atoms in total. The van der Waals surface area contributed by atoms with Crippen LogP contribution in [0.25, 0.3) is 0 Å². The Morgan fingerprint density at radius 2 is 1.95 bits per heavy atom. The smallest absolute Gasteiger partial charge is 0.241 e. The Morgan fingerprint density at radius 1 is 1.40 bits per heavy atom. The van der Waals surface area contributed by atoms with E-state index >= 15 is 0 Å². The highest BCUT2D eigenvalue weighted by Crippen LogP contribution is 2.28. The fraction of sp³-hybridized carbons (Fsp3) is 0.455. The number of aliphatic hydroxyl groups excluding tert-OH is 2. The van der Waals surface area contributed by atoms with Crippen LogP contribution in [0.15, 0.2) is 17.0 Å². The molecule has 0 aliphatic carbocycles. The number of nitrogens with two attached hydrogens (primary N) is 1. The summed E-state index contributed by atoms with van der Waals surface area (Å²) >= 11 is 0. The number of ether oxygens (including phenoxy) is 1. The van der Waals surface area contributed by atoms with E-state index in [0.29, 0.717) is 0 Å². The molecule has 0 amide bonds. The van der Waals surface area contributed by atoms with Crippen molar-refractivity contribution in [3.63, 3.8) is 0 Å². The SMILES string of the molecule is COc1c(N)cc(S(=O)(=O)NC(C)(CO)CO)cc1F. The van der Waals surface area contributed by atoms with Gasteiger partial charge < -0.3 is 20.7 Å². The zero-order chi connectivity index (χ0) is 15.6. The molecule has 0 aliphatic rings.